The van der Waals surface area contributed by atoms with Crippen molar-refractivity contribution in [2.24, 2.45) is 0 Å². The highest BCUT2D eigenvalue weighted by atomic mass is 16.6. The van der Waals surface area contributed by atoms with Crippen molar-refractivity contribution in [1.29, 1.82) is 0 Å². The average molecular weight is 476 g/mol. The Morgan fingerprint density at radius 2 is 1.76 bits per heavy atom. The Morgan fingerprint density at radius 3 is 2.35 bits per heavy atom. The number of cyclic esters (lactones) is 1. The van der Waals surface area contributed by atoms with E-state index in [1.165, 1.54) is 7.11 Å². The number of esters is 2. The third-order valence-corrected chi connectivity index (χ3v) is 5.89. The minimum Gasteiger partial charge on any atom is -0.496 e. The van der Waals surface area contributed by atoms with Crippen LogP contribution in [0.1, 0.15) is 73.5 Å². The summed E-state index contributed by atoms with van der Waals surface area (Å²) in [6.07, 6.45) is 2.32. The Hall–Kier alpha value is -3.36. The van der Waals surface area contributed by atoms with Gasteiger partial charge < -0.3 is 24.2 Å². The maximum absolute atomic E-state index is 12.7. The Balaban J connectivity index is 2.38. The molecule has 1 aromatic rings. The Kier molecular flexibility index (Phi) is 9.65. The lowest BCUT2D eigenvalue weighted by Gasteiger charge is -2.20. The van der Waals surface area contributed by atoms with E-state index < -0.39 is 17.9 Å². The summed E-state index contributed by atoms with van der Waals surface area (Å²) in [6, 6.07) is 0. The van der Waals surface area contributed by atoms with Crippen molar-refractivity contribution < 1.29 is 38.5 Å². The third kappa shape index (κ3) is 6.36. The van der Waals surface area contributed by atoms with Crippen LogP contribution in [0.15, 0.2) is 11.6 Å². The van der Waals surface area contributed by atoms with Gasteiger partial charge in [0.15, 0.2) is 5.75 Å². The van der Waals surface area contributed by atoms with Crippen LogP contribution < -0.4 is 9.47 Å². The first kappa shape index (κ1) is 26.9. The maximum Gasteiger partial charge on any atom is 0.342 e. The van der Waals surface area contributed by atoms with E-state index in [0.29, 0.717) is 42.0 Å². The van der Waals surface area contributed by atoms with Crippen molar-refractivity contribution in [3.05, 3.63) is 33.9 Å². The average Bonchev–Trinajstić information content (AvgIpc) is 3.19. The van der Waals surface area contributed by atoms with Crippen LogP contribution in [0, 0.1) is 6.92 Å². The van der Waals surface area contributed by atoms with Crippen molar-refractivity contribution in [2.45, 2.75) is 66.4 Å². The fourth-order valence-corrected chi connectivity index (χ4v) is 3.91. The van der Waals surface area contributed by atoms with Crippen molar-refractivity contribution in [2.75, 3.05) is 20.2 Å². The number of carbonyl (C=O) groups is 4. The van der Waals surface area contributed by atoms with Crippen LogP contribution in [0.25, 0.3) is 0 Å². The molecule has 0 saturated heterocycles. The van der Waals surface area contributed by atoms with Crippen LogP contribution in [0.4, 0.5) is 0 Å². The second-order valence-electron chi connectivity index (χ2n) is 8.08. The highest BCUT2D eigenvalue weighted by molar-refractivity contribution is 5.99. The first-order chi connectivity index (χ1) is 16.1. The lowest BCUT2D eigenvalue weighted by molar-refractivity contribution is -0.139. The molecule has 2 rings (SSSR count). The Morgan fingerprint density at radius 1 is 1.09 bits per heavy atom. The minimum absolute atomic E-state index is 0.000318. The number of amides is 1. The predicted octanol–water partition coefficient (Wildman–Crippen LogP) is 3.58. The summed E-state index contributed by atoms with van der Waals surface area (Å²) in [4.78, 5) is 50.0. The number of ether oxygens (including phenoxy) is 3. The van der Waals surface area contributed by atoms with Crippen LogP contribution in [0.2, 0.25) is 0 Å². The number of rotatable bonds is 12. The summed E-state index contributed by atoms with van der Waals surface area (Å²) in [5, 5.41) is 8.92. The molecule has 9 heteroatoms. The second kappa shape index (κ2) is 12.2. The number of carbonyl (C=O) groups excluding carboxylic acids is 3. The lowest BCUT2D eigenvalue weighted by atomic mass is 9.94. The molecule has 186 valence electrons. The van der Waals surface area contributed by atoms with Gasteiger partial charge in [-0.05, 0) is 46.1 Å². The summed E-state index contributed by atoms with van der Waals surface area (Å²) in [5.41, 5.74) is 2.84. The molecule has 1 amide bonds. The van der Waals surface area contributed by atoms with Gasteiger partial charge in [0.2, 0.25) is 5.91 Å². The zero-order chi connectivity index (χ0) is 25.4. The molecule has 0 fully saturated rings. The summed E-state index contributed by atoms with van der Waals surface area (Å²) in [5.74, 6) is -1.72. The highest BCUT2D eigenvalue weighted by Crippen LogP contribution is 2.43. The van der Waals surface area contributed by atoms with E-state index in [4.69, 9.17) is 19.3 Å². The first-order valence-corrected chi connectivity index (χ1v) is 11.4. The fourth-order valence-electron chi connectivity index (χ4n) is 3.91. The molecule has 1 heterocycles. The number of allylic oxidation sites excluding steroid dienone is 2. The number of fused-ring (bicyclic) bond motifs is 1. The van der Waals surface area contributed by atoms with Crippen LogP contribution >= 0.6 is 0 Å². The zero-order valence-electron chi connectivity index (χ0n) is 20.5. The van der Waals surface area contributed by atoms with E-state index in [1.807, 2.05) is 26.8 Å². The summed E-state index contributed by atoms with van der Waals surface area (Å²) >= 11 is 0. The summed E-state index contributed by atoms with van der Waals surface area (Å²) in [6.45, 7) is 8.51. The van der Waals surface area contributed by atoms with E-state index in [-0.39, 0.29) is 49.5 Å². The van der Waals surface area contributed by atoms with E-state index in [1.54, 1.807) is 11.8 Å². The van der Waals surface area contributed by atoms with Crippen LogP contribution in [-0.2, 0) is 32.1 Å². The number of methoxy groups -OCH3 is 1. The number of benzene rings is 1. The third-order valence-electron chi connectivity index (χ3n) is 5.89. The van der Waals surface area contributed by atoms with Gasteiger partial charge in [0.25, 0.3) is 0 Å². The van der Waals surface area contributed by atoms with Crippen molar-refractivity contribution in [1.82, 2.24) is 4.90 Å². The van der Waals surface area contributed by atoms with E-state index in [9.17, 15) is 19.2 Å². The van der Waals surface area contributed by atoms with Gasteiger partial charge in [-0.25, -0.2) is 4.79 Å². The second-order valence-corrected chi connectivity index (χ2v) is 8.08. The molecular formula is C25H33NO8. The summed E-state index contributed by atoms with van der Waals surface area (Å²) < 4.78 is 16.5. The molecule has 1 aliphatic rings. The van der Waals surface area contributed by atoms with Crippen LogP contribution in [0.3, 0.4) is 0 Å². The molecule has 1 aliphatic heterocycles. The number of nitrogens with zero attached hydrogens (tertiary/aromatic N) is 1. The number of hydrogen-bond acceptors (Lipinski definition) is 7. The molecule has 0 atom stereocenters. The van der Waals surface area contributed by atoms with Gasteiger partial charge in [-0.15, -0.1) is 0 Å². The molecule has 0 radical (unpaired) electrons. The fraction of sp³-hybridized carbons (Fsp3) is 0.520. The summed E-state index contributed by atoms with van der Waals surface area (Å²) in [7, 11) is 1.49. The number of carboxylic acids is 1. The Bertz CT molecular complexity index is 991. The molecule has 34 heavy (non-hydrogen) atoms. The van der Waals surface area contributed by atoms with Gasteiger partial charge in [0.1, 0.15) is 17.9 Å². The molecule has 1 N–H and O–H groups in total. The highest BCUT2D eigenvalue weighted by Gasteiger charge is 2.34. The molecule has 0 unspecified atom stereocenters. The molecule has 0 saturated carbocycles. The SMILES string of the molecule is CCN(CC)C(=O)CCC(=O)Oc1c(C/C=C(\C)CCC(=O)O)c(OC)c(C)c2c1C(=O)OC2. The smallest absolute Gasteiger partial charge is 0.342 e. The van der Waals surface area contributed by atoms with Gasteiger partial charge in [-0.1, -0.05) is 11.6 Å². The predicted molar refractivity (Wildman–Crippen MR) is 124 cm³/mol. The van der Waals surface area contributed by atoms with Crippen LogP contribution in [-0.4, -0.2) is 54.0 Å². The molecule has 0 bridgehead atoms. The van der Waals surface area contributed by atoms with Gasteiger partial charge in [0.05, 0.1) is 13.5 Å². The molecule has 0 aliphatic carbocycles. The standard InChI is InChI=1S/C25H33NO8/c1-6-26(7-2)19(27)11-13-21(30)34-24-17(10-8-15(3)9-12-20(28)29)23(32-5)16(4)18-14-33-25(31)22(18)24/h8H,6-7,9-14H2,1-5H3,(H,28,29)/b15-8+. The van der Waals surface area contributed by atoms with Crippen molar-refractivity contribution in [3.63, 3.8) is 0 Å². The van der Waals surface area contributed by atoms with Gasteiger partial charge in [-0.3, -0.25) is 14.4 Å². The van der Waals surface area contributed by atoms with Crippen molar-refractivity contribution in [3.8, 4) is 11.5 Å². The molecule has 1 aromatic carbocycles. The zero-order valence-corrected chi connectivity index (χ0v) is 20.5. The first-order valence-electron chi connectivity index (χ1n) is 11.4. The number of aliphatic carboxylic acids is 1. The lowest BCUT2D eigenvalue weighted by Crippen LogP contribution is -2.31. The molecule has 0 aromatic heterocycles. The molecular weight excluding hydrogens is 442 g/mol. The quantitative estimate of drug-likeness (QED) is 0.277. The van der Waals surface area contributed by atoms with Gasteiger partial charge >= 0.3 is 17.9 Å². The molecule has 0 spiro atoms. The Labute approximate surface area is 199 Å². The van der Waals surface area contributed by atoms with Crippen LogP contribution in [0.5, 0.6) is 11.5 Å². The maximum atomic E-state index is 12.7. The topological polar surface area (TPSA) is 119 Å². The van der Waals surface area contributed by atoms with E-state index in [2.05, 4.69) is 0 Å². The normalized spacial score (nSPS) is 12.7. The van der Waals surface area contributed by atoms with E-state index >= 15 is 0 Å². The van der Waals surface area contributed by atoms with Gasteiger partial charge in [0, 0.05) is 37.1 Å². The largest absolute Gasteiger partial charge is 0.496 e. The monoisotopic (exact) mass is 475 g/mol. The number of carboxylic acid groups (broad SMARTS) is 1. The van der Waals surface area contributed by atoms with Gasteiger partial charge in [-0.2, -0.15) is 0 Å². The number of hydrogen-bond donors (Lipinski definition) is 1. The minimum atomic E-state index is -0.893. The van der Waals surface area contributed by atoms with Crippen molar-refractivity contribution >= 4 is 23.8 Å². The molecule has 9 nitrogen and oxygen atoms in total. The van der Waals surface area contributed by atoms with E-state index in [0.717, 1.165) is 5.57 Å².